The van der Waals surface area contributed by atoms with Crippen LogP contribution in [0.1, 0.15) is 29.5 Å². The molecule has 0 fully saturated rings. The minimum absolute atomic E-state index is 1.04. The van der Waals surface area contributed by atoms with E-state index in [4.69, 9.17) is 4.74 Å². The van der Waals surface area contributed by atoms with Gasteiger partial charge in [-0.3, -0.25) is 0 Å². The Morgan fingerprint density at radius 2 is 1.92 bits per heavy atom. The van der Waals surface area contributed by atoms with Crippen LogP contribution in [0.25, 0.3) is 0 Å². The maximum atomic E-state index is 5.31. The van der Waals surface area contributed by atoms with Crippen LogP contribution >= 0.6 is 0 Å². The number of aryl methyl sites for hydroxylation is 1. The second kappa shape index (κ2) is 3.41. The van der Waals surface area contributed by atoms with E-state index in [0.717, 1.165) is 5.75 Å². The van der Waals surface area contributed by atoms with Crippen molar-refractivity contribution in [3.63, 3.8) is 0 Å². The van der Waals surface area contributed by atoms with Gasteiger partial charge in [0.25, 0.3) is 0 Å². The summed E-state index contributed by atoms with van der Waals surface area (Å²) in [5, 5.41) is 0. The van der Waals surface area contributed by atoms with Crippen LogP contribution in [0.5, 0.6) is 5.75 Å². The molecule has 0 spiro atoms. The van der Waals surface area contributed by atoms with Crippen molar-refractivity contribution in [1.82, 2.24) is 0 Å². The lowest BCUT2D eigenvalue weighted by Crippen LogP contribution is -2.05. The molecule has 1 nitrogen and oxygen atoms in total. The molecule has 2 rings (SSSR count). The predicted molar refractivity (Wildman–Crippen MR) is 54.4 cm³/mol. The van der Waals surface area contributed by atoms with E-state index in [0.29, 0.717) is 0 Å². The fraction of sp³-hybridized carbons (Fsp3) is 0.500. The van der Waals surface area contributed by atoms with Crippen LogP contribution in [0.2, 0.25) is 0 Å². The molecule has 1 heteroatoms. The van der Waals surface area contributed by atoms with Crippen LogP contribution in [-0.2, 0) is 12.8 Å². The van der Waals surface area contributed by atoms with Gasteiger partial charge < -0.3 is 4.74 Å². The lowest BCUT2D eigenvalue weighted by Gasteiger charge is -2.19. The molecule has 0 amide bonds. The maximum Gasteiger partial charge on any atom is 0.122 e. The van der Waals surface area contributed by atoms with Gasteiger partial charge >= 0.3 is 0 Å². The number of hydrogen-bond acceptors (Lipinski definition) is 1. The Labute approximate surface area is 79.7 Å². The summed E-state index contributed by atoms with van der Waals surface area (Å²) in [7, 11) is 1.75. The highest BCUT2D eigenvalue weighted by atomic mass is 16.5. The van der Waals surface area contributed by atoms with E-state index < -0.39 is 0 Å². The first-order valence-corrected chi connectivity index (χ1v) is 4.98. The van der Waals surface area contributed by atoms with Crippen LogP contribution in [0.15, 0.2) is 12.1 Å². The van der Waals surface area contributed by atoms with Crippen molar-refractivity contribution in [3.05, 3.63) is 28.8 Å². The molecule has 1 aromatic rings. The van der Waals surface area contributed by atoms with Crippen molar-refractivity contribution < 1.29 is 4.74 Å². The number of fused-ring (bicyclic) bond motifs is 1. The van der Waals surface area contributed by atoms with Gasteiger partial charge in [0.2, 0.25) is 0 Å². The van der Waals surface area contributed by atoms with E-state index >= 15 is 0 Å². The van der Waals surface area contributed by atoms with E-state index in [2.05, 4.69) is 19.1 Å². The van der Waals surface area contributed by atoms with Gasteiger partial charge in [-0.2, -0.15) is 0 Å². The predicted octanol–water partition coefficient (Wildman–Crippen LogP) is 2.88. The summed E-state index contributed by atoms with van der Waals surface area (Å²) in [6.45, 7) is 2.17. The van der Waals surface area contributed by atoms with Gasteiger partial charge in [0.05, 0.1) is 7.11 Å². The normalized spacial score (nSPS) is 15.2. The summed E-state index contributed by atoms with van der Waals surface area (Å²) >= 11 is 0. The lowest BCUT2D eigenvalue weighted by atomic mass is 9.88. The average molecular weight is 176 g/mol. The summed E-state index contributed by atoms with van der Waals surface area (Å²) < 4.78 is 5.31. The fourth-order valence-electron chi connectivity index (χ4n) is 2.21. The van der Waals surface area contributed by atoms with Crippen LogP contribution in [-0.4, -0.2) is 7.11 Å². The standard InChI is InChI=1S/C12H16O/c1-9-11-6-4-3-5-10(11)7-8-12(9)13-2/h7-8H,3-6H2,1-2H3. The van der Waals surface area contributed by atoms with Gasteiger partial charge in [0, 0.05) is 0 Å². The van der Waals surface area contributed by atoms with Gasteiger partial charge in [-0.05, 0) is 55.4 Å². The van der Waals surface area contributed by atoms with Crippen molar-refractivity contribution in [1.29, 1.82) is 0 Å². The minimum atomic E-state index is 1.04. The van der Waals surface area contributed by atoms with E-state index in [1.807, 2.05) is 0 Å². The number of benzene rings is 1. The van der Waals surface area contributed by atoms with Crippen molar-refractivity contribution >= 4 is 0 Å². The number of hydrogen-bond donors (Lipinski definition) is 0. The van der Waals surface area contributed by atoms with Gasteiger partial charge in [-0.15, -0.1) is 0 Å². The van der Waals surface area contributed by atoms with Crippen LogP contribution < -0.4 is 4.74 Å². The first-order chi connectivity index (χ1) is 6.33. The number of ether oxygens (including phenoxy) is 1. The topological polar surface area (TPSA) is 9.23 Å². The van der Waals surface area contributed by atoms with E-state index in [9.17, 15) is 0 Å². The zero-order valence-electron chi connectivity index (χ0n) is 8.39. The molecular formula is C12H16O. The molecule has 0 aliphatic heterocycles. The Morgan fingerprint density at radius 3 is 2.69 bits per heavy atom. The molecule has 13 heavy (non-hydrogen) atoms. The van der Waals surface area contributed by atoms with Gasteiger partial charge in [-0.1, -0.05) is 6.07 Å². The summed E-state index contributed by atoms with van der Waals surface area (Å²) in [6, 6.07) is 4.32. The Morgan fingerprint density at radius 1 is 1.15 bits per heavy atom. The molecule has 0 radical (unpaired) electrons. The second-order valence-electron chi connectivity index (χ2n) is 3.74. The second-order valence-corrected chi connectivity index (χ2v) is 3.74. The van der Waals surface area contributed by atoms with Gasteiger partial charge in [0.1, 0.15) is 5.75 Å². The van der Waals surface area contributed by atoms with Crippen LogP contribution in [0.4, 0.5) is 0 Å². The summed E-state index contributed by atoms with van der Waals surface area (Å²) in [5.41, 5.74) is 4.41. The molecule has 70 valence electrons. The Bertz CT molecular complexity index is 315. The van der Waals surface area contributed by atoms with Crippen molar-refractivity contribution in [2.45, 2.75) is 32.6 Å². The van der Waals surface area contributed by atoms with E-state index in [1.165, 1.54) is 42.4 Å². The molecule has 0 N–H and O–H groups in total. The third kappa shape index (κ3) is 1.43. The Hall–Kier alpha value is -0.980. The summed E-state index contributed by atoms with van der Waals surface area (Å²) in [4.78, 5) is 0. The number of rotatable bonds is 1. The zero-order valence-corrected chi connectivity index (χ0v) is 8.39. The summed E-state index contributed by atoms with van der Waals surface area (Å²) in [5.74, 6) is 1.04. The summed E-state index contributed by atoms with van der Waals surface area (Å²) in [6.07, 6.45) is 5.16. The Balaban J connectivity index is 2.48. The highest BCUT2D eigenvalue weighted by Gasteiger charge is 2.13. The lowest BCUT2D eigenvalue weighted by molar-refractivity contribution is 0.410. The quantitative estimate of drug-likeness (QED) is 0.639. The first kappa shape index (κ1) is 8.61. The molecular weight excluding hydrogens is 160 g/mol. The zero-order chi connectivity index (χ0) is 9.26. The van der Waals surface area contributed by atoms with E-state index in [1.54, 1.807) is 7.11 Å². The molecule has 0 bridgehead atoms. The van der Waals surface area contributed by atoms with Crippen molar-refractivity contribution in [3.8, 4) is 5.75 Å². The third-order valence-electron chi connectivity index (χ3n) is 2.99. The Kier molecular flexibility index (Phi) is 2.26. The van der Waals surface area contributed by atoms with Crippen molar-refractivity contribution in [2.75, 3.05) is 7.11 Å². The highest BCUT2D eigenvalue weighted by Crippen LogP contribution is 2.29. The molecule has 0 saturated carbocycles. The molecule has 0 unspecified atom stereocenters. The molecule has 0 aromatic heterocycles. The SMILES string of the molecule is COc1ccc2c(c1C)CCCC2. The van der Waals surface area contributed by atoms with Crippen LogP contribution in [0.3, 0.4) is 0 Å². The largest absolute Gasteiger partial charge is 0.496 e. The molecule has 0 heterocycles. The number of methoxy groups -OCH3 is 1. The third-order valence-corrected chi connectivity index (χ3v) is 2.99. The molecule has 0 saturated heterocycles. The monoisotopic (exact) mass is 176 g/mol. The maximum absolute atomic E-state index is 5.31. The smallest absolute Gasteiger partial charge is 0.122 e. The molecule has 0 atom stereocenters. The molecule has 1 aliphatic carbocycles. The minimum Gasteiger partial charge on any atom is -0.496 e. The van der Waals surface area contributed by atoms with E-state index in [-0.39, 0.29) is 0 Å². The average Bonchev–Trinajstić information content (AvgIpc) is 2.19. The fourth-order valence-corrected chi connectivity index (χ4v) is 2.21. The first-order valence-electron chi connectivity index (χ1n) is 4.98. The molecule has 1 aliphatic rings. The van der Waals surface area contributed by atoms with Crippen LogP contribution in [0, 0.1) is 6.92 Å². The highest BCUT2D eigenvalue weighted by molar-refractivity contribution is 5.45. The van der Waals surface area contributed by atoms with Gasteiger partial charge in [-0.25, -0.2) is 0 Å². The van der Waals surface area contributed by atoms with Crippen molar-refractivity contribution in [2.24, 2.45) is 0 Å². The molecule has 1 aromatic carbocycles. The van der Waals surface area contributed by atoms with Gasteiger partial charge in [0.15, 0.2) is 0 Å².